The van der Waals surface area contributed by atoms with Crippen LogP contribution in [0, 0.1) is 0 Å². The van der Waals surface area contributed by atoms with E-state index in [-0.39, 0.29) is 6.17 Å². The van der Waals surface area contributed by atoms with Crippen LogP contribution in [0.1, 0.15) is 55.1 Å². The zero-order chi connectivity index (χ0) is 25.8. The Labute approximate surface area is 219 Å². The SMILES string of the molecule is CCC1=CC2[NH2+]C(c3ccc(CC)cc3)=C(c3ccnc(NCc4ccc(CC)c(OC)c4)n3)N2C=C1. The van der Waals surface area contributed by atoms with E-state index in [9.17, 15) is 0 Å². The zero-order valence-corrected chi connectivity index (χ0v) is 22.2. The van der Waals surface area contributed by atoms with Crippen molar-refractivity contribution in [3.05, 3.63) is 107 Å². The summed E-state index contributed by atoms with van der Waals surface area (Å²) in [5.41, 5.74) is 9.45. The minimum absolute atomic E-state index is 0.187. The highest BCUT2D eigenvalue weighted by Gasteiger charge is 2.37. The molecule has 6 heteroatoms. The first-order valence-corrected chi connectivity index (χ1v) is 13.2. The van der Waals surface area contributed by atoms with E-state index >= 15 is 0 Å². The predicted octanol–water partition coefficient (Wildman–Crippen LogP) is 5.12. The molecule has 0 aliphatic carbocycles. The normalized spacial score (nSPS) is 16.6. The largest absolute Gasteiger partial charge is 0.496 e. The number of aromatic nitrogens is 2. The molecule has 3 N–H and O–H groups in total. The van der Waals surface area contributed by atoms with Gasteiger partial charge in [0.25, 0.3) is 0 Å². The van der Waals surface area contributed by atoms with Crippen molar-refractivity contribution in [1.29, 1.82) is 0 Å². The Morgan fingerprint density at radius 1 is 0.973 bits per heavy atom. The summed E-state index contributed by atoms with van der Waals surface area (Å²) >= 11 is 0. The van der Waals surface area contributed by atoms with Crippen molar-refractivity contribution in [2.75, 3.05) is 12.4 Å². The van der Waals surface area contributed by atoms with Crippen LogP contribution < -0.4 is 15.4 Å². The number of rotatable bonds is 9. The third-order valence-electron chi connectivity index (χ3n) is 7.17. The number of ether oxygens (including phenoxy) is 1. The number of methoxy groups -OCH3 is 1. The highest BCUT2D eigenvalue weighted by Crippen LogP contribution is 2.33. The van der Waals surface area contributed by atoms with Crippen molar-refractivity contribution in [2.24, 2.45) is 0 Å². The molecule has 2 aromatic carbocycles. The van der Waals surface area contributed by atoms with Crippen molar-refractivity contribution < 1.29 is 10.1 Å². The van der Waals surface area contributed by atoms with Gasteiger partial charge in [-0.3, -0.25) is 10.2 Å². The third-order valence-corrected chi connectivity index (χ3v) is 7.17. The van der Waals surface area contributed by atoms with Crippen LogP contribution in [0.15, 0.2) is 78.7 Å². The number of allylic oxidation sites excluding steroid dienone is 2. The van der Waals surface area contributed by atoms with Gasteiger partial charge in [0.1, 0.15) is 11.4 Å². The quantitative estimate of drug-likeness (QED) is 0.432. The van der Waals surface area contributed by atoms with E-state index in [2.05, 4.69) is 102 Å². The molecule has 0 fully saturated rings. The van der Waals surface area contributed by atoms with Crippen molar-refractivity contribution in [3.8, 4) is 5.75 Å². The Balaban J connectivity index is 1.46. The van der Waals surface area contributed by atoms with Crippen LogP contribution >= 0.6 is 0 Å². The molecule has 2 aliphatic heterocycles. The lowest BCUT2D eigenvalue weighted by molar-refractivity contribution is -0.597. The lowest BCUT2D eigenvalue weighted by atomic mass is 10.1. The predicted molar refractivity (Wildman–Crippen MR) is 149 cm³/mol. The lowest BCUT2D eigenvalue weighted by Crippen LogP contribution is -2.86. The Kier molecular flexibility index (Phi) is 7.37. The van der Waals surface area contributed by atoms with Gasteiger partial charge in [-0.25, -0.2) is 9.97 Å². The minimum atomic E-state index is 0.187. The van der Waals surface area contributed by atoms with Crippen LogP contribution in [0.25, 0.3) is 11.4 Å². The van der Waals surface area contributed by atoms with Crippen molar-refractivity contribution >= 4 is 17.3 Å². The number of aryl methyl sites for hydroxylation is 2. The molecule has 1 atom stereocenters. The maximum absolute atomic E-state index is 5.56. The molecule has 6 nitrogen and oxygen atoms in total. The van der Waals surface area contributed by atoms with Crippen molar-refractivity contribution in [3.63, 3.8) is 0 Å². The molecule has 0 saturated heterocycles. The van der Waals surface area contributed by atoms with Gasteiger partial charge in [-0.1, -0.05) is 45.0 Å². The first-order valence-electron chi connectivity index (χ1n) is 13.2. The second kappa shape index (κ2) is 11.0. The second-order valence-electron chi connectivity index (χ2n) is 9.41. The smallest absolute Gasteiger partial charge is 0.223 e. The van der Waals surface area contributed by atoms with Crippen LogP contribution in [0.3, 0.4) is 0 Å². The summed E-state index contributed by atoms with van der Waals surface area (Å²) in [6.07, 6.45) is 11.8. The van der Waals surface area contributed by atoms with Gasteiger partial charge >= 0.3 is 0 Å². The fourth-order valence-electron chi connectivity index (χ4n) is 4.98. The maximum Gasteiger partial charge on any atom is 0.223 e. The number of nitrogens with two attached hydrogens (primary N) is 1. The first kappa shape index (κ1) is 24.8. The average Bonchev–Trinajstić information content (AvgIpc) is 3.34. The maximum atomic E-state index is 5.56. The molecule has 5 rings (SSSR count). The molecule has 3 aromatic rings. The summed E-state index contributed by atoms with van der Waals surface area (Å²) in [6, 6.07) is 17.2. The summed E-state index contributed by atoms with van der Waals surface area (Å²) < 4.78 is 5.56. The van der Waals surface area contributed by atoms with Gasteiger partial charge < -0.3 is 10.1 Å². The lowest BCUT2D eigenvalue weighted by Gasteiger charge is -2.23. The molecule has 0 spiro atoms. The Bertz CT molecular complexity index is 1360. The summed E-state index contributed by atoms with van der Waals surface area (Å²) in [4.78, 5) is 11.8. The van der Waals surface area contributed by atoms with Gasteiger partial charge in [-0.05, 0) is 77.9 Å². The average molecular weight is 495 g/mol. The van der Waals surface area contributed by atoms with E-state index in [1.807, 2.05) is 12.3 Å². The molecule has 0 saturated carbocycles. The minimum Gasteiger partial charge on any atom is -0.496 e. The number of benzene rings is 2. The van der Waals surface area contributed by atoms with Crippen molar-refractivity contribution in [2.45, 2.75) is 52.7 Å². The Morgan fingerprint density at radius 2 is 1.78 bits per heavy atom. The topological polar surface area (TPSA) is 66.9 Å². The fraction of sp³-hybridized carbons (Fsp3) is 0.290. The standard InChI is InChI=1S/C31H35N5O/c1-5-21-8-12-25(13-9-21)29-30(36-17-15-22(6-2)19-28(36)35-29)26-14-16-32-31(34-26)33-20-23-10-11-24(7-3)27(18-23)37-4/h8-19,28,35H,5-7,20H2,1-4H3,(H,32,33,34)/p+1. The summed E-state index contributed by atoms with van der Waals surface area (Å²) in [7, 11) is 1.72. The fourth-order valence-corrected chi connectivity index (χ4v) is 4.98. The van der Waals surface area contributed by atoms with Crippen molar-refractivity contribution in [1.82, 2.24) is 14.9 Å². The zero-order valence-electron chi connectivity index (χ0n) is 22.2. The van der Waals surface area contributed by atoms with E-state index < -0.39 is 0 Å². The number of anilines is 1. The third kappa shape index (κ3) is 5.16. The van der Waals surface area contributed by atoms with E-state index in [0.717, 1.165) is 42.0 Å². The van der Waals surface area contributed by atoms with E-state index in [0.29, 0.717) is 12.5 Å². The number of quaternary nitrogens is 1. The highest BCUT2D eigenvalue weighted by atomic mass is 16.5. The van der Waals surface area contributed by atoms with Gasteiger partial charge in [0, 0.05) is 24.5 Å². The molecule has 37 heavy (non-hydrogen) atoms. The molecule has 1 aromatic heterocycles. The van der Waals surface area contributed by atoms with E-state index in [4.69, 9.17) is 9.72 Å². The molecule has 1 unspecified atom stereocenters. The van der Waals surface area contributed by atoms with E-state index in [1.165, 1.54) is 28.0 Å². The highest BCUT2D eigenvalue weighted by molar-refractivity contribution is 5.86. The Morgan fingerprint density at radius 3 is 2.51 bits per heavy atom. The monoisotopic (exact) mass is 494 g/mol. The molecule has 0 bridgehead atoms. The number of nitrogens with one attached hydrogen (secondary N) is 1. The van der Waals surface area contributed by atoms with Crippen LogP contribution in [-0.2, 0) is 19.4 Å². The van der Waals surface area contributed by atoms with Gasteiger partial charge in [-0.2, -0.15) is 0 Å². The number of hydrogen-bond acceptors (Lipinski definition) is 5. The molecule has 0 radical (unpaired) electrons. The number of nitrogens with zero attached hydrogens (tertiary/aromatic N) is 3. The second-order valence-corrected chi connectivity index (χ2v) is 9.41. The molecule has 190 valence electrons. The van der Waals surface area contributed by atoms with E-state index in [1.54, 1.807) is 7.11 Å². The molecular formula is C31H36N5O+. The van der Waals surface area contributed by atoms with Crippen LogP contribution in [0.4, 0.5) is 5.95 Å². The van der Waals surface area contributed by atoms with Crippen LogP contribution in [-0.4, -0.2) is 28.1 Å². The van der Waals surface area contributed by atoms with Gasteiger partial charge in [0.2, 0.25) is 5.95 Å². The number of hydrogen-bond donors (Lipinski definition) is 2. The molecular weight excluding hydrogens is 458 g/mol. The van der Waals surface area contributed by atoms with Crippen LogP contribution in [0.2, 0.25) is 0 Å². The van der Waals surface area contributed by atoms with Gasteiger partial charge in [0.05, 0.1) is 12.8 Å². The van der Waals surface area contributed by atoms with Gasteiger partial charge in [0.15, 0.2) is 11.9 Å². The summed E-state index contributed by atoms with van der Waals surface area (Å²) in [5.74, 6) is 1.53. The Hall–Kier alpha value is -3.90. The first-order chi connectivity index (χ1) is 18.1. The molecule has 2 aliphatic rings. The van der Waals surface area contributed by atoms with Crippen LogP contribution in [0.5, 0.6) is 5.75 Å². The number of fused-ring (bicyclic) bond motifs is 1. The summed E-state index contributed by atoms with van der Waals surface area (Å²) in [5, 5.41) is 5.77. The van der Waals surface area contributed by atoms with Gasteiger partial charge in [-0.15, -0.1) is 0 Å². The molecule has 3 heterocycles. The molecule has 0 amide bonds. The summed E-state index contributed by atoms with van der Waals surface area (Å²) in [6.45, 7) is 7.15.